The first kappa shape index (κ1) is 15.1. The Kier molecular flexibility index (Phi) is 3.52. The smallest absolute Gasteiger partial charge is 0.292 e. The fourth-order valence-corrected chi connectivity index (χ4v) is 2.26. The molecule has 0 aliphatic rings. The van der Waals surface area contributed by atoms with Crippen molar-refractivity contribution in [3.05, 3.63) is 61.9 Å². The predicted octanol–water partition coefficient (Wildman–Crippen LogP) is 2.17. The normalized spacial score (nSPS) is 11.7. The van der Waals surface area contributed by atoms with E-state index in [1.54, 1.807) is 32.0 Å². The summed E-state index contributed by atoms with van der Waals surface area (Å²) in [5.41, 5.74) is -1.70. The van der Waals surface area contributed by atoms with Crippen molar-refractivity contribution in [1.29, 1.82) is 0 Å². The molecule has 0 atom stereocenters. The van der Waals surface area contributed by atoms with Crippen molar-refractivity contribution < 1.29 is 13.2 Å². The Morgan fingerprint density at radius 1 is 1.05 bits per heavy atom. The summed E-state index contributed by atoms with van der Waals surface area (Å²) in [6.07, 6.45) is -4.76. The van der Waals surface area contributed by atoms with Gasteiger partial charge >= 0.3 is 11.9 Å². The number of hydrogen-bond acceptors (Lipinski definition) is 2. The Morgan fingerprint density at radius 2 is 1.57 bits per heavy atom. The van der Waals surface area contributed by atoms with E-state index in [1.807, 2.05) is 0 Å². The van der Waals surface area contributed by atoms with E-state index in [2.05, 4.69) is 0 Å². The topological polar surface area (TPSA) is 44.0 Å². The summed E-state index contributed by atoms with van der Waals surface area (Å²) in [6, 6.07) is 5.55. The molecule has 1 aromatic heterocycles. The molecule has 0 saturated heterocycles. The molecular formula is C14H13F3N2O2. The largest absolute Gasteiger partial charge is 0.431 e. The average Bonchev–Trinajstić information content (AvgIpc) is 2.36. The summed E-state index contributed by atoms with van der Waals surface area (Å²) < 4.78 is 39.6. The zero-order valence-electron chi connectivity index (χ0n) is 11.7. The second kappa shape index (κ2) is 4.91. The van der Waals surface area contributed by atoms with E-state index >= 15 is 0 Å². The number of benzene rings is 1. The van der Waals surface area contributed by atoms with Crippen LogP contribution in [0, 0.1) is 13.8 Å². The van der Waals surface area contributed by atoms with E-state index in [-0.39, 0.29) is 0 Å². The number of nitrogens with zero attached hydrogens (tertiary/aromatic N) is 2. The van der Waals surface area contributed by atoms with Gasteiger partial charge in [-0.05, 0) is 25.0 Å². The Bertz CT molecular complexity index is 796. The molecule has 0 aliphatic carbocycles. The molecule has 1 aromatic carbocycles. The van der Waals surface area contributed by atoms with Crippen LogP contribution in [0.4, 0.5) is 13.2 Å². The average molecular weight is 298 g/mol. The van der Waals surface area contributed by atoms with Crippen molar-refractivity contribution in [2.75, 3.05) is 0 Å². The molecule has 2 rings (SSSR count). The maximum Gasteiger partial charge on any atom is 0.431 e. The Balaban J connectivity index is 2.89. The SMILES string of the molecule is Cc1cccc(C)c1-n1c(=O)cc(C(F)(F)F)n(C)c1=O. The number of aryl methyl sites for hydroxylation is 2. The molecule has 4 nitrogen and oxygen atoms in total. The minimum atomic E-state index is -4.76. The lowest BCUT2D eigenvalue weighted by Gasteiger charge is -2.16. The summed E-state index contributed by atoms with van der Waals surface area (Å²) in [5, 5.41) is 0. The Morgan fingerprint density at radius 3 is 2.05 bits per heavy atom. The second-order valence-corrected chi connectivity index (χ2v) is 4.78. The van der Waals surface area contributed by atoms with Crippen LogP contribution in [0.1, 0.15) is 16.8 Å². The van der Waals surface area contributed by atoms with Gasteiger partial charge in [0.15, 0.2) is 0 Å². The van der Waals surface area contributed by atoms with Gasteiger partial charge in [0.1, 0.15) is 5.69 Å². The van der Waals surface area contributed by atoms with Crippen molar-refractivity contribution in [3.8, 4) is 5.69 Å². The maximum absolute atomic E-state index is 12.8. The quantitative estimate of drug-likeness (QED) is 0.810. The van der Waals surface area contributed by atoms with Gasteiger partial charge < -0.3 is 0 Å². The highest BCUT2D eigenvalue weighted by Crippen LogP contribution is 2.27. The summed E-state index contributed by atoms with van der Waals surface area (Å²) in [4.78, 5) is 24.2. The molecule has 0 spiro atoms. The third-order valence-electron chi connectivity index (χ3n) is 3.27. The van der Waals surface area contributed by atoms with Crippen LogP contribution in [-0.4, -0.2) is 9.13 Å². The van der Waals surface area contributed by atoms with Gasteiger partial charge in [0.05, 0.1) is 5.69 Å². The zero-order valence-corrected chi connectivity index (χ0v) is 11.7. The number of aromatic nitrogens is 2. The summed E-state index contributed by atoms with van der Waals surface area (Å²) >= 11 is 0. The molecule has 1 heterocycles. The molecule has 0 amide bonds. The second-order valence-electron chi connectivity index (χ2n) is 4.78. The molecule has 0 fully saturated rings. The minimum Gasteiger partial charge on any atom is -0.292 e. The van der Waals surface area contributed by atoms with Gasteiger partial charge in [0.2, 0.25) is 0 Å². The van der Waals surface area contributed by atoms with Gasteiger partial charge in [-0.15, -0.1) is 0 Å². The number of hydrogen-bond donors (Lipinski definition) is 0. The van der Waals surface area contributed by atoms with Crippen LogP contribution < -0.4 is 11.2 Å². The Labute approximate surface area is 118 Å². The fraction of sp³-hybridized carbons (Fsp3) is 0.286. The molecule has 0 bridgehead atoms. The van der Waals surface area contributed by atoms with Gasteiger partial charge in [-0.25, -0.2) is 9.36 Å². The number of para-hydroxylation sites is 1. The van der Waals surface area contributed by atoms with Gasteiger partial charge in [0.25, 0.3) is 5.56 Å². The first-order valence-corrected chi connectivity index (χ1v) is 6.11. The maximum atomic E-state index is 12.8. The monoisotopic (exact) mass is 298 g/mol. The van der Waals surface area contributed by atoms with E-state index in [4.69, 9.17) is 0 Å². The van der Waals surface area contributed by atoms with Crippen molar-refractivity contribution in [1.82, 2.24) is 9.13 Å². The van der Waals surface area contributed by atoms with E-state index in [1.165, 1.54) is 0 Å². The highest BCUT2D eigenvalue weighted by Gasteiger charge is 2.35. The molecule has 7 heteroatoms. The molecule has 112 valence electrons. The summed E-state index contributed by atoms with van der Waals surface area (Å²) in [7, 11) is 0.995. The van der Waals surface area contributed by atoms with Gasteiger partial charge in [-0.3, -0.25) is 9.36 Å². The van der Waals surface area contributed by atoms with Crippen molar-refractivity contribution in [2.45, 2.75) is 20.0 Å². The third-order valence-corrected chi connectivity index (χ3v) is 3.27. The summed E-state index contributed by atoms with van der Waals surface area (Å²) in [6.45, 7) is 3.37. The molecule has 0 aliphatic heterocycles. The molecule has 0 N–H and O–H groups in total. The lowest BCUT2D eigenvalue weighted by Crippen LogP contribution is -2.41. The molecule has 0 unspecified atom stereocenters. The highest BCUT2D eigenvalue weighted by atomic mass is 19.4. The Hall–Kier alpha value is -2.31. The predicted molar refractivity (Wildman–Crippen MR) is 71.8 cm³/mol. The lowest BCUT2D eigenvalue weighted by molar-refractivity contribution is -0.144. The van der Waals surface area contributed by atoms with Crippen LogP contribution in [-0.2, 0) is 13.2 Å². The number of halogens is 3. The molecule has 21 heavy (non-hydrogen) atoms. The van der Waals surface area contributed by atoms with Crippen LogP contribution in [0.3, 0.4) is 0 Å². The van der Waals surface area contributed by atoms with Gasteiger partial charge in [0, 0.05) is 13.1 Å². The van der Waals surface area contributed by atoms with E-state index in [9.17, 15) is 22.8 Å². The van der Waals surface area contributed by atoms with Gasteiger partial charge in [-0.1, -0.05) is 18.2 Å². The standard InChI is InChI=1S/C14H13F3N2O2/c1-8-5-4-6-9(2)12(8)19-11(20)7-10(14(15,16)17)18(3)13(19)21/h4-7H,1-3H3. The molecule has 0 saturated carbocycles. The van der Waals surface area contributed by atoms with E-state index in [0.717, 1.165) is 11.6 Å². The lowest BCUT2D eigenvalue weighted by atomic mass is 10.1. The van der Waals surface area contributed by atoms with Crippen molar-refractivity contribution in [2.24, 2.45) is 7.05 Å². The van der Waals surface area contributed by atoms with Crippen molar-refractivity contribution >= 4 is 0 Å². The van der Waals surface area contributed by atoms with E-state index in [0.29, 0.717) is 27.4 Å². The van der Waals surface area contributed by atoms with Crippen LogP contribution in [0.2, 0.25) is 0 Å². The van der Waals surface area contributed by atoms with Gasteiger partial charge in [-0.2, -0.15) is 13.2 Å². The highest BCUT2D eigenvalue weighted by molar-refractivity contribution is 5.46. The van der Waals surface area contributed by atoms with Crippen molar-refractivity contribution in [3.63, 3.8) is 0 Å². The molecule has 2 aromatic rings. The van der Waals surface area contributed by atoms with Crippen LogP contribution in [0.5, 0.6) is 0 Å². The molecule has 0 radical (unpaired) electrons. The zero-order chi connectivity index (χ0) is 15.9. The minimum absolute atomic E-state index is 0.317. The number of rotatable bonds is 1. The van der Waals surface area contributed by atoms with Crippen LogP contribution in [0.15, 0.2) is 33.9 Å². The van der Waals surface area contributed by atoms with E-state index < -0.39 is 23.1 Å². The number of alkyl halides is 3. The first-order chi connectivity index (χ1) is 9.64. The fourth-order valence-electron chi connectivity index (χ4n) is 2.26. The molecular weight excluding hydrogens is 285 g/mol. The third kappa shape index (κ3) is 2.51. The summed E-state index contributed by atoms with van der Waals surface area (Å²) in [5.74, 6) is 0. The van der Waals surface area contributed by atoms with Crippen LogP contribution >= 0.6 is 0 Å². The van der Waals surface area contributed by atoms with Crippen LogP contribution in [0.25, 0.3) is 5.69 Å². The first-order valence-electron chi connectivity index (χ1n) is 6.11.